The Morgan fingerprint density at radius 3 is 2.65 bits per heavy atom. The minimum absolute atomic E-state index is 0.0618. The highest BCUT2D eigenvalue weighted by Crippen LogP contribution is 2.16. The highest BCUT2D eigenvalue weighted by molar-refractivity contribution is 5.91. The van der Waals surface area contributed by atoms with Gasteiger partial charge in [-0.25, -0.2) is 9.48 Å². The second kappa shape index (κ2) is 7.53. The SMILES string of the molecule is CCCc1c(C(=O)O)nnn1CC(=O)Nc1ccccc1CC. The number of hydrogen-bond acceptors (Lipinski definition) is 4. The number of anilines is 1. The molecule has 1 aromatic carbocycles. The Morgan fingerprint density at radius 2 is 2.00 bits per heavy atom. The molecule has 0 unspecified atom stereocenters. The number of nitrogens with zero attached hydrogens (tertiary/aromatic N) is 3. The lowest BCUT2D eigenvalue weighted by atomic mass is 10.1. The van der Waals surface area contributed by atoms with Crippen molar-refractivity contribution in [3.63, 3.8) is 0 Å². The van der Waals surface area contributed by atoms with Gasteiger partial charge < -0.3 is 10.4 Å². The van der Waals surface area contributed by atoms with Crippen molar-refractivity contribution in [3.05, 3.63) is 41.2 Å². The smallest absolute Gasteiger partial charge is 0.358 e. The fourth-order valence-corrected chi connectivity index (χ4v) is 2.39. The number of para-hydroxylation sites is 1. The molecule has 0 spiro atoms. The fraction of sp³-hybridized carbons (Fsp3) is 0.375. The summed E-state index contributed by atoms with van der Waals surface area (Å²) >= 11 is 0. The van der Waals surface area contributed by atoms with E-state index in [1.165, 1.54) is 4.68 Å². The van der Waals surface area contributed by atoms with Gasteiger partial charge in [-0.3, -0.25) is 4.79 Å². The second-order valence-corrected chi connectivity index (χ2v) is 5.16. The van der Waals surface area contributed by atoms with Crippen LogP contribution in [0.25, 0.3) is 0 Å². The molecule has 2 aromatic rings. The summed E-state index contributed by atoms with van der Waals surface area (Å²) in [4.78, 5) is 23.4. The van der Waals surface area contributed by atoms with Crippen molar-refractivity contribution in [1.29, 1.82) is 0 Å². The summed E-state index contributed by atoms with van der Waals surface area (Å²) in [5, 5.41) is 19.4. The van der Waals surface area contributed by atoms with Gasteiger partial charge in [0.15, 0.2) is 5.69 Å². The predicted octanol–water partition coefficient (Wildman–Crippen LogP) is 2.13. The van der Waals surface area contributed by atoms with E-state index < -0.39 is 5.97 Å². The van der Waals surface area contributed by atoms with Gasteiger partial charge in [0.25, 0.3) is 0 Å². The number of benzene rings is 1. The lowest BCUT2D eigenvalue weighted by molar-refractivity contribution is -0.117. The predicted molar refractivity (Wildman–Crippen MR) is 85.4 cm³/mol. The molecular formula is C16H20N4O3. The zero-order valence-corrected chi connectivity index (χ0v) is 13.2. The van der Waals surface area contributed by atoms with Crippen LogP contribution < -0.4 is 5.32 Å². The molecule has 2 N–H and O–H groups in total. The first-order chi connectivity index (χ1) is 11.1. The number of aryl methyl sites for hydroxylation is 1. The van der Waals surface area contributed by atoms with Gasteiger partial charge in [0.2, 0.25) is 5.91 Å². The summed E-state index contributed by atoms with van der Waals surface area (Å²) in [6, 6.07) is 7.57. The monoisotopic (exact) mass is 316 g/mol. The lowest BCUT2D eigenvalue weighted by Gasteiger charge is -2.10. The number of carbonyl (C=O) groups is 2. The molecule has 23 heavy (non-hydrogen) atoms. The molecule has 0 aliphatic rings. The van der Waals surface area contributed by atoms with Gasteiger partial charge in [0, 0.05) is 5.69 Å². The number of carboxylic acids is 1. The van der Waals surface area contributed by atoms with Crippen molar-refractivity contribution < 1.29 is 14.7 Å². The zero-order chi connectivity index (χ0) is 16.8. The molecule has 1 heterocycles. The maximum atomic E-state index is 12.2. The first-order valence-electron chi connectivity index (χ1n) is 7.60. The zero-order valence-electron chi connectivity index (χ0n) is 13.2. The summed E-state index contributed by atoms with van der Waals surface area (Å²) in [5.41, 5.74) is 2.18. The fourth-order valence-electron chi connectivity index (χ4n) is 2.39. The van der Waals surface area contributed by atoms with Crippen molar-refractivity contribution in [2.45, 2.75) is 39.7 Å². The lowest BCUT2D eigenvalue weighted by Crippen LogP contribution is -2.22. The van der Waals surface area contributed by atoms with Gasteiger partial charge in [-0.2, -0.15) is 0 Å². The van der Waals surface area contributed by atoms with E-state index in [1.54, 1.807) is 0 Å². The highest BCUT2D eigenvalue weighted by Gasteiger charge is 2.19. The molecular weight excluding hydrogens is 296 g/mol. The van der Waals surface area contributed by atoms with Gasteiger partial charge >= 0.3 is 5.97 Å². The average molecular weight is 316 g/mol. The number of aromatic carboxylic acids is 1. The number of carbonyl (C=O) groups excluding carboxylic acids is 1. The average Bonchev–Trinajstić information content (AvgIpc) is 2.91. The Morgan fingerprint density at radius 1 is 1.26 bits per heavy atom. The van der Waals surface area contributed by atoms with Crippen molar-refractivity contribution >= 4 is 17.6 Å². The molecule has 0 saturated heterocycles. The van der Waals surface area contributed by atoms with Crippen LogP contribution in [0.15, 0.2) is 24.3 Å². The second-order valence-electron chi connectivity index (χ2n) is 5.16. The van der Waals surface area contributed by atoms with Gasteiger partial charge in [-0.1, -0.05) is 43.7 Å². The Balaban J connectivity index is 2.15. The van der Waals surface area contributed by atoms with Gasteiger partial charge in [0.1, 0.15) is 6.54 Å². The van der Waals surface area contributed by atoms with Crippen LogP contribution in [0, 0.1) is 0 Å². The summed E-state index contributed by atoms with van der Waals surface area (Å²) in [7, 11) is 0. The Kier molecular flexibility index (Phi) is 5.46. The van der Waals surface area contributed by atoms with Crippen LogP contribution in [0.4, 0.5) is 5.69 Å². The standard InChI is InChI=1S/C16H20N4O3/c1-3-7-13-15(16(22)23)18-19-20(13)10-14(21)17-12-9-6-5-8-11(12)4-2/h5-6,8-9H,3-4,7,10H2,1-2H3,(H,17,21)(H,22,23). The van der Waals surface area contributed by atoms with Crippen LogP contribution in [-0.4, -0.2) is 32.0 Å². The van der Waals surface area contributed by atoms with Crippen molar-refractivity contribution in [2.24, 2.45) is 0 Å². The molecule has 0 atom stereocenters. The van der Waals surface area contributed by atoms with Crippen LogP contribution >= 0.6 is 0 Å². The summed E-state index contributed by atoms with van der Waals surface area (Å²) < 4.78 is 1.36. The summed E-state index contributed by atoms with van der Waals surface area (Å²) in [5.74, 6) is -1.39. The van der Waals surface area contributed by atoms with Crippen LogP contribution in [0.5, 0.6) is 0 Å². The van der Waals surface area contributed by atoms with Crippen LogP contribution in [-0.2, 0) is 24.2 Å². The number of nitrogens with one attached hydrogen (secondary N) is 1. The maximum Gasteiger partial charge on any atom is 0.358 e. The van der Waals surface area contributed by atoms with E-state index in [4.69, 9.17) is 5.11 Å². The van der Waals surface area contributed by atoms with E-state index in [2.05, 4.69) is 15.6 Å². The minimum Gasteiger partial charge on any atom is -0.476 e. The highest BCUT2D eigenvalue weighted by atomic mass is 16.4. The van der Waals surface area contributed by atoms with Crippen LogP contribution in [0.3, 0.4) is 0 Å². The van der Waals surface area contributed by atoms with Crippen molar-refractivity contribution in [2.75, 3.05) is 5.32 Å². The van der Waals surface area contributed by atoms with E-state index in [0.29, 0.717) is 12.1 Å². The molecule has 122 valence electrons. The summed E-state index contributed by atoms with van der Waals surface area (Å²) in [6.07, 6.45) is 2.06. The molecule has 0 aliphatic heterocycles. The largest absolute Gasteiger partial charge is 0.476 e. The molecule has 0 aliphatic carbocycles. The van der Waals surface area contributed by atoms with Gasteiger partial charge in [-0.15, -0.1) is 5.10 Å². The number of hydrogen-bond donors (Lipinski definition) is 2. The summed E-state index contributed by atoms with van der Waals surface area (Å²) in [6.45, 7) is 3.88. The van der Waals surface area contributed by atoms with Gasteiger partial charge in [0.05, 0.1) is 5.69 Å². The van der Waals surface area contributed by atoms with Crippen LogP contribution in [0.2, 0.25) is 0 Å². The van der Waals surface area contributed by atoms with E-state index in [-0.39, 0.29) is 18.1 Å². The third kappa shape index (κ3) is 3.94. The number of amides is 1. The Bertz CT molecular complexity index is 709. The van der Waals surface area contributed by atoms with Crippen molar-refractivity contribution in [3.8, 4) is 0 Å². The third-order valence-corrected chi connectivity index (χ3v) is 3.49. The molecule has 0 fully saturated rings. The first-order valence-corrected chi connectivity index (χ1v) is 7.60. The molecule has 2 rings (SSSR count). The molecule has 0 saturated carbocycles. The quantitative estimate of drug-likeness (QED) is 0.815. The number of aromatic nitrogens is 3. The van der Waals surface area contributed by atoms with E-state index >= 15 is 0 Å². The normalized spacial score (nSPS) is 10.5. The number of carboxylic acid groups (broad SMARTS) is 1. The third-order valence-electron chi connectivity index (χ3n) is 3.49. The first kappa shape index (κ1) is 16.7. The van der Waals surface area contributed by atoms with Crippen molar-refractivity contribution in [1.82, 2.24) is 15.0 Å². The molecule has 7 nitrogen and oxygen atoms in total. The van der Waals surface area contributed by atoms with Gasteiger partial charge in [-0.05, 0) is 24.5 Å². The Labute approximate surface area is 134 Å². The molecule has 0 bridgehead atoms. The molecule has 1 amide bonds. The molecule has 0 radical (unpaired) electrons. The maximum absolute atomic E-state index is 12.2. The Hall–Kier alpha value is -2.70. The minimum atomic E-state index is -1.13. The molecule has 1 aromatic heterocycles. The van der Waals surface area contributed by atoms with Crippen LogP contribution in [0.1, 0.15) is 42.0 Å². The number of rotatable bonds is 7. The van der Waals surface area contributed by atoms with E-state index in [0.717, 1.165) is 24.1 Å². The van der Waals surface area contributed by atoms with E-state index in [1.807, 2.05) is 38.1 Å². The van der Waals surface area contributed by atoms with E-state index in [9.17, 15) is 9.59 Å². The molecule has 7 heteroatoms. The topological polar surface area (TPSA) is 97.1 Å².